The summed E-state index contributed by atoms with van der Waals surface area (Å²) in [5, 5.41) is 25.7. The number of aromatic hydroxyl groups is 1. The van der Waals surface area contributed by atoms with E-state index in [2.05, 4.69) is 31.2 Å². The molecular weight excluding hydrogens is 551 g/mol. The van der Waals surface area contributed by atoms with Gasteiger partial charge in [-0.05, 0) is 57.0 Å². The summed E-state index contributed by atoms with van der Waals surface area (Å²) < 4.78 is 40.6. The molecule has 4 aromatic rings. The standard InChI is InChI=1S/C29H32F3N7OS/c30-29(31,32)15-23-13-24-27(34-18-35-28(24)41-23)36-21-3-7-38(8-4-21)17-20-11-19-12-22(16-33)39(25(19)14-26(20)40)10-9-37-5-1-2-6-37/h11-14,18,21,40H,1-10,15,17H2,(H,34,35,36). The van der Waals surface area contributed by atoms with E-state index in [0.29, 0.717) is 28.3 Å². The van der Waals surface area contributed by atoms with Crippen LogP contribution >= 0.6 is 11.3 Å². The van der Waals surface area contributed by atoms with Crippen LogP contribution in [0.25, 0.3) is 21.1 Å². The number of likely N-dealkylation sites (tertiary alicyclic amines) is 2. The van der Waals surface area contributed by atoms with Gasteiger partial charge in [0.1, 0.15) is 34.5 Å². The minimum Gasteiger partial charge on any atom is -0.508 e. The van der Waals surface area contributed by atoms with Crippen molar-refractivity contribution < 1.29 is 18.3 Å². The fourth-order valence-electron chi connectivity index (χ4n) is 6.03. The lowest BCUT2D eigenvalue weighted by Gasteiger charge is -2.32. The normalized spacial score (nSPS) is 17.5. The van der Waals surface area contributed by atoms with E-state index in [1.807, 2.05) is 16.7 Å². The van der Waals surface area contributed by atoms with Crippen molar-refractivity contribution >= 4 is 38.3 Å². The maximum absolute atomic E-state index is 12.9. The first-order valence-electron chi connectivity index (χ1n) is 14.0. The summed E-state index contributed by atoms with van der Waals surface area (Å²) in [7, 11) is 0. The second-order valence-corrected chi connectivity index (χ2v) is 12.1. The lowest BCUT2D eigenvalue weighted by atomic mass is 10.0. The summed E-state index contributed by atoms with van der Waals surface area (Å²) in [4.78, 5) is 14.0. The zero-order chi connectivity index (χ0) is 28.6. The van der Waals surface area contributed by atoms with Crippen LogP contribution < -0.4 is 5.32 Å². The van der Waals surface area contributed by atoms with E-state index in [0.717, 1.165) is 79.9 Å². The zero-order valence-corrected chi connectivity index (χ0v) is 23.4. The zero-order valence-electron chi connectivity index (χ0n) is 22.6. The van der Waals surface area contributed by atoms with Gasteiger partial charge in [0.2, 0.25) is 0 Å². The molecule has 5 heterocycles. The molecular formula is C29H32F3N7OS. The Balaban J connectivity index is 1.09. The first-order valence-corrected chi connectivity index (χ1v) is 14.8. The number of hydrogen-bond acceptors (Lipinski definition) is 8. The van der Waals surface area contributed by atoms with Crippen LogP contribution in [0.5, 0.6) is 5.75 Å². The average molecular weight is 584 g/mol. The number of hydrogen-bond donors (Lipinski definition) is 2. The minimum absolute atomic E-state index is 0.134. The molecule has 2 aliphatic rings. The molecule has 6 rings (SSSR count). The molecule has 0 bridgehead atoms. The van der Waals surface area contributed by atoms with Crippen LogP contribution in [0.4, 0.5) is 19.0 Å². The van der Waals surface area contributed by atoms with Crippen LogP contribution in [0, 0.1) is 11.3 Å². The number of nitriles is 1. The Kier molecular flexibility index (Phi) is 7.76. The van der Waals surface area contributed by atoms with Gasteiger partial charge in [-0.3, -0.25) is 4.90 Å². The highest BCUT2D eigenvalue weighted by molar-refractivity contribution is 7.18. The minimum atomic E-state index is -4.26. The molecule has 0 unspecified atom stereocenters. The first kappa shape index (κ1) is 27.8. The van der Waals surface area contributed by atoms with Crippen molar-refractivity contribution in [2.75, 3.05) is 38.0 Å². The molecule has 0 aliphatic carbocycles. The quantitative estimate of drug-likeness (QED) is 0.283. The monoisotopic (exact) mass is 583 g/mol. The van der Waals surface area contributed by atoms with Gasteiger partial charge in [-0.1, -0.05) is 0 Å². The van der Waals surface area contributed by atoms with Crippen molar-refractivity contribution in [3.05, 3.63) is 46.7 Å². The Hall–Kier alpha value is -3.40. The number of fused-ring (bicyclic) bond motifs is 2. The van der Waals surface area contributed by atoms with E-state index in [1.165, 1.54) is 19.2 Å². The van der Waals surface area contributed by atoms with Gasteiger partial charge in [-0.25, -0.2) is 9.97 Å². The highest BCUT2D eigenvalue weighted by atomic mass is 32.1. The molecule has 1 aromatic carbocycles. The summed E-state index contributed by atoms with van der Waals surface area (Å²) in [6.07, 6.45) is 0.276. The van der Waals surface area contributed by atoms with E-state index < -0.39 is 12.6 Å². The lowest BCUT2D eigenvalue weighted by Crippen LogP contribution is -2.38. The largest absolute Gasteiger partial charge is 0.508 e. The van der Waals surface area contributed by atoms with Crippen molar-refractivity contribution in [2.24, 2.45) is 0 Å². The fraction of sp³-hybridized carbons (Fsp3) is 0.483. The van der Waals surface area contributed by atoms with E-state index in [9.17, 15) is 23.5 Å². The van der Waals surface area contributed by atoms with Crippen molar-refractivity contribution in [1.82, 2.24) is 24.3 Å². The Morgan fingerprint density at radius 2 is 1.80 bits per heavy atom. The van der Waals surface area contributed by atoms with E-state index in [1.54, 1.807) is 12.1 Å². The smallest absolute Gasteiger partial charge is 0.393 e. The molecule has 0 radical (unpaired) electrons. The van der Waals surface area contributed by atoms with Gasteiger partial charge in [-0.15, -0.1) is 11.3 Å². The molecule has 41 heavy (non-hydrogen) atoms. The highest BCUT2D eigenvalue weighted by Gasteiger charge is 2.29. The van der Waals surface area contributed by atoms with Gasteiger partial charge >= 0.3 is 6.18 Å². The Morgan fingerprint density at radius 3 is 2.54 bits per heavy atom. The lowest BCUT2D eigenvalue weighted by molar-refractivity contribution is -0.126. The molecule has 2 saturated heterocycles. The Bertz CT molecular complexity index is 1580. The van der Waals surface area contributed by atoms with Gasteiger partial charge in [-0.2, -0.15) is 18.4 Å². The van der Waals surface area contributed by atoms with Crippen molar-refractivity contribution in [3.63, 3.8) is 0 Å². The average Bonchev–Trinajstić information content (AvgIpc) is 3.67. The number of nitrogens with one attached hydrogen (secondary N) is 1. The third kappa shape index (κ3) is 6.27. The Labute approximate surface area is 240 Å². The second kappa shape index (κ2) is 11.5. The van der Waals surface area contributed by atoms with Gasteiger partial charge in [0.15, 0.2) is 0 Å². The third-order valence-corrected chi connectivity index (χ3v) is 9.18. The highest BCUT2D eigenvalue weighted by Crippen LogP contribution is 2.34. The number of halogens is 3. The molecule has 216 valence electrons. The molecule has 8 nitrogen and oxygen atoms in total. The van der Waals surface area contributed by atoms with Crippen molar-refractivity contribution in [2.45, 2.75) is 57.4 Å². The molecule has 0 spiro atoms. The number of phenols is 1. The van der Waals surface area contributed by atoms with Crippen molar-refractivity contribution in [3.8, 4) is 11.8 Å². The number of piperidine rings is 1. The first-order chi connectivity index (χ1) is 19.8. The second-order valence-electron chi connectivity index (χ2n) is 11.0. The van der Waals surface area contributed by atoms with Crippen LogP contribution in [0.1, 0.15) is 41.8 Å². The number of thiophene rings is 1. The van der Waals surface area contributed by atoms with Gasteiger partial charge in [0.25, 0.3) is 0 Å². The molecule has 0 saturated carbocycles. The summed E-state index contributed by atoms with van der Waals surface area (Å²) in [5.41, 5.74) is 2.32. The maximum atomic E-state index is 12.9. The number of rotatable bonds is 8. The summed E-state index contributed by atoms with van der Waals surface area (Å²) in [6, 6.07) is 9.68. The van der Waals surface area contributed by atoms with Crippen LogP contribution in [-0.2, 0) is 19.5 Å². The molecule has 2 fully saturated rings. The molecule has 2 N–H and O–H groups in total. The topological polar surface area (TPSA) is 93.2 Å². The number of alkyl halides is 3. The van der Waals surface area contributed by atoms with Gasteiger partial charge in [0, 0.05) is 60.7 Å². The van der Waals surface area contributed by atoms with Crippen molar-refractivity contribution in [1.29, 1.82) is 5.26 Å². The number of anilines is 1. The van der Waals surface area contributed by atoms with Crippen LogP contribution in [0.15, 0.2) is 30.6 Å². The fourth-order valence-corrected chi connectivity index (χ4v) is 7.05. The van der Waals surface area contributed by atoms with E-state index >= 15 is 0 Å². The molecule has 2 aliphatic heterocycles. The third-order valence-electron chi connectivity index (χ3n) is 8.13. The molecule has 3 aromatic heterocycles. The summed E-state index contributed by atoms with van der Waals surface area (Å²) in [5.74, 6) is 0.807. The van der Waals surface area contributed by atoms with Crippen LogP contribution in [0.3, 0.4) is 0 Å². The number of nitrogens with zero attached hydrogens (tertiary/aromatic N) is 6. The predicted octanol–water partition coefficient (Wildman–Crippen LogP) is 5.50. The van der Waals surface area contributed by atoms with E-state index in [4.69, 9.17) is 0 Å². The molecule has 0 atom stereocenters. The Morgan fingerprint density at radius 1 is 1.02 bits per heavy atom. The SMILES string of the molecule is N#Cc1cc2cc(CN3CCC(Nc4ncnc5sc(CC(F)(F)F)cc45)CC3)c(O)cc2n1CCN1CCCC1. The molecule has 12 heteroatoms. The summed E-state index contributed by atoms with van der Waals surface area (Å²) in [6.45, 7) is 6.01. The van der Waals surface area contributed by atoms with Gasteiger partial charge in [0.05, 0.1) is 17.3 Å². The van der Waals surface area contributed by atoms with Gasteiger partial charge < -0.3 is 19.9 Å². The van der Waals surface area contributed by atoms with Crippen LogP contribution in [0.2, 0.25) is 0 Å². The number of aromatic nitrogens is 3. The van der Waals surface area contributed by atoms with Crippen LogP contribution in [-0.4, -0.2) is 74.4 Å². The number of benzene rings is 1. The predicted molar refractivity (Wildman–Crippen MR) is 153 cm³/mol. The summed E-state index contributed by atoms with van der Waals surface area (Å²) >= 11 is 1.05. The molecule has 0 amide bonds. The number of phenolic OH excluding ortho intramolecular Hbond substituents is 1. The maximum Gasteiger partial charge on any atom is 0.393 e. The van der Waals surface area contributed by atoms with E-state index in [-0.39, 0.29) is 16.7 Å².